The van der Waals surface area contributed by atoms with Gasteiger partial charge in [0.25, 0.3) is 5.91 Å². The number of Topliss-reactive ketones (excluding diaryl/α,β-unsaturated/α-hetero) is 1. The molecule has 1 unspecified atom stereocenters. The van der Waals surface area contributed by atoms with E-state index in [1.807, 2.05) is 31.2 Å². The molecule has 1 aliphatic heterocycles. The number of anilines is 1. The highest BCUT2D eigenvalue weighted by molar-refractivity contribution is 9.10. The van der Waals surface area contributed by atoms with Gasteiger partial charge in [0.15, 0.2) is 16.7 Å². The maximum Gasteiger partial charge on any atom is 0.296 e. The second kappa shape index (κ2) is 9.13. The number of rotatable bonds is 6. The molecule has 8 nitrogen and oxygen atoms in total. The minimum absolute atomic E-state index is 0.0101. The van der Waals surface area contributed by atoms with Crippen molar-refractivity contribution in [1.29, 1.82) is 0 Å². The van der Waals surface area contributed by atoms with Crippen LogP contribution in [-0.2, 0) is 4.79 Å². The average molecular weight is 576 g/mol. The second-order valence-corrected chi connectivity index (χ2v) is 10.2. The molecule has 37 heavy (non-hydrogen) atoms. The molecule has 5 aromatic rings. The minimum atomic E-state index is -0.993. The Morgan fingerprint density at radius 3 is 2.84 bits per heavy atom. The van der Waals surface area contributed by atoms with Crippen LogP contribution in [0.5, 0.6) is 5.75 Å². The van der Waals surface area contributed by atoms with E-state index in [1.54, 1.807) is 42.6 Å². The van der Waals surface area contributed by atoms with Gasteiger partial charge in [0.1, 0.15) is 17.4 Å². The van der Waals surface area contributed by atoms with Crippen molar-refractivity contribution in [3.63, 3.8) is 0 Å². The first-order valence-electron chi connectivity index (χ1n) is 11.4. The van der Waals surface area contributed by atoms with Crippen molar-refractivity contribution in [2.45, 2.75) is 13.0 Å². The number of benzene rings is 2. The van der Waals surface area contributed by atoms with Gasteiger partial charge in [-0.05, 0) is 61.5 Å². The molecule has 184 valence electrons. The van der Waals surface area contributed by atoms with Gasteiger partial charge >= 0.3 is 0 Å². The van der Waals surface area contributed by atoms with Crippen LogP contribution in [-0.4, -0.2) is 33.4 Å². The van der Waals surface area contributed by atoms with Gasteiger partial charge < -0.3 is 14.3 Å². The number of thiazole rings is 1. The molecule has 6 rings (SSSR count). The predicted molar refractivity (Wildman–Crippen MR) is 143 cm³/mol. The van der Waals surface area contributed by atoms with Crippen LogP contribution in [0.2, 0.25) is 0 Å². The quantitative estimate of drug-likeness (QED) is 0.234. The van der Waals surface area contributed by atoms with E-state index in [0.29, 0.717) is 39.7 Å². The number of halogens is 1. The summed E-state index contributed by atoms with van der Waals surface area (Å²) in [4.78, 5) is 37.5. The van der Waals surface area contributed by atoms with Gasteiger partial charge in [-0.2, -0.15) is 0 Å². The molecule has 1 N–H and O–H groups in total. The fraction of sp³-hybridized carbons (Fsp3) is 0.111. The van der Waals surface area contributed by atoms with Crippen molar-refractivity contribution >= 4 is 65.3 Å². The van der Waals surface area contributed by atoms with Crippen molar-refractivity contribution in [2.75, 3.05) is 11.5 Å². The zero-order valence-corrected chi connectivity index (χ0v) is 21.7. The summed E-state index contributed by atoms with van der Waals surface area (Å²) < 4.78 is 13.0. The van der Waals surface area contributed by atoms with E-state index in [2.05, 4.69) is 25.9 Å². The first-order chi connectivity index (χ1) is 17.9. The monoisotopic (exact) mass is 575 g/mol. The second-order valence-electron chi connectivity index (χ2n) is 8.28. The standard InChI is InChI=1S/C27H18BrN3O5S/c1-2-35-16-7-8-17-21(13-16)37-27(30-17)31-23(18-5-3-4-10-29-18)22(25(33)26(31)34)24(32)20-12-14-11-15(28)6-9-19(14)36-20/h3-13,23,33H,2H2,1H3. The maximum absolute atomic E-state index is 13.7. The molecule has 0 saturated heterocycles. The Labute approximate surface area is 223 Å². The highest BCUT2D eigenvalue weighted by atomic mass is 79.9. The van der Waals surface area contributed by atoms with Gasteiger partial charge in [0.2, 0.25) is 5.78 Å². The van der Waals surface area contributed by atoms with E-state index in [4.69, 9.17) is 9.15 Å². The van der Waals surface area contributed by atoms with Crippen molar-refractivity contribution in [2.24, 2.45) is 0 Å². The summed E-state index contributed by atoms with van der Waals surface area (Å²) in [6, 6.07) is 16.6. The Kier molecular flexibility index (Phi) is 5.77. The number of carbonyl (C=O) groups is 2. The Morgan fingerprint density at radius 2 is 2.05 bits per heavy atom. The lowest BCUT2D eigenvalue weighted by Crippen LogP contribution is -2.31. The van der Waals surface area contributed by atoms with Crippen LogP contribution in [0, 0.1) is 0 Å². The molecule has 0 saturated carbocycles. The van der Waals surface area contributed by atoms with E-state index in [9.17, 15) is 14.7 Å². The highest BCUT2D eigenvalue weighted by Crippen LogP contribution is 2.44. The van der Waals surface area contributed by atoms with Gasteiger partial charge in [-0.25, -0.2) is 4.98 Å². The van der Waals surface area contributed by atoms with Gasteiger partial charge in [-0.15, -0.1) is 0 Å². The number of ketones is 1. The number of hydrogen-bond donors (Lipinski definition) is 1. The van der Waals surface area contributed by atoms with Gasteiger partial charge in [0, 0.05) is 16.1 Å². The van der Waals surface area contributed by atoms with Gasteiger partial charge in [-0.3, -0.25) is 19.5 Å². The smallest absolute Gasteiger partial charge is 0.296 e. The topological polar surface area (TPSA) is 106 Å². The van der Waals surface area contributed by atoms with Crippen LogP contribution in [0.1, 0.15) is 29.2 Å². The number of furan rings is 1. The number of nitrogens with zero attached hydrogens (tertiary/aromatic N) is 3. The summed E-state index contributed by atoms with van der Waals surface area (Å²) in [5, 5.41) is 12.0. The van der Waals surface area contributed by atoms with Crippen LogP contribution in [0.3, 0.4) is 0 Å². The first kappa shape index (κ1) is 23.4. The summed E-state index contributed by atoms with van der Waals surface area (Å²) >= 11 is 4.68. The number of aromatic nitrogens is 2. The van der Waals surface area contributed by atoms with E-state index >= 15 is 0 Å². The number of fused-ring (bicyclic) bond motifs is 2. The van der Waals surface area contributed by atoms with Crippen molar-refractivity contribution in [1.82, 2.24) is 9.97 Å². The Balaban J connectivity index is 1.47. The van der Waals surface area contributed by atoms with Crippen LogP contribution in [0.15, 0.2) is 87.1 Å². The summed E-state index contributed by atoms with van der Waals surface area (Å²) in [7, 11) is 0. The van der Waals surface area contributed by atoms with Crippen LogP contribution >= 0.6 is 27.3 Å². The van der Waals surface area contributed by atoms with Crippen molar-refractivity contribution < 1.29 is 23.8 Å². The minimum Gasteiger partial charge on any atom is -0.503 e. The SMILES string of the molecule is CCOc1ccc2nc(N3C(=O)C(O)=C(C(=O)c4cc5cc(Br)ccc5o4)C3c3ccccn3)sc2c1. The molecular weight excluding hydrogens is 558 g/mol. The van der Waals surface area contributed by atoms with Crippen LogP contribution < -0.4 is 9.64 Å². The number of aliphatic hydroxyl groups is 1. The lowest BCUT2D eigenvalue weighted by molar-refractivity contribution is -0.117. The van der Waals surface area contributed by atoms with E-state index < -0.39 is 23.5 Å². The number of hydrogen-bond acceptors (Lipinski definition) is 8. The molecule has 0 aliphatic carbocycles. The lowest BCUT2D eigenvalue weighted by atomic mass is 9.98. The predicted octanol–water partition coefficient (Wildman–Crippen LogP) is 6.38. The van der Waals surface area contributed by atoms with E-state index in [0.717, 1.165) is 9.17 Å². The van der Waals surface area contributed by atoms with Crippen LogP contribution in [0.4, 0.5) is 5.13 Å². The first-order valence-corrected chi connectivity index (χ1v) is 13.0. The molecule has 4 heterocycles. The third-order valence-electron chi connectivity index (χ3n) is 5.99. The summed E-state index contributed by atoms with van der Waals surface area (Å²) in [6.45, 7) is 2.42. The van der Waals surface area contributed by atoms with E-state index in [1.165, 1.54) is 16.2 Å². The van der Waals surface area contributed by atoms with Gasteiger partial charge in [-0.1, -0.05) is 33.3 Å². The number of pyridine rings is 1. The molecule has 0 bridgehead atoms. The molecule has 0 fully saturated rings. The molecule has 1 aliphatic rings. The number of carbonyl (C=O) groups excluding carboxylic acids is 2. The van der Waals surface area contributed by atoms with Gasteiger partial charge in [0.05, 0.1) is 28.1 Å². The third-order valence-corrected chi connectivity index (χ3v) is 7.50. The van der Waals surface area contributed by atoms with Crippen molar-refractivity contribution in [3.05, 3.63) is 94.1 Å². The van der Waals surface area contributed by atoms with E-state index in [-0.39, 0.29) is 11.3 Å². The van der Waals surface area contributed by atoms with Crippen LogP contribution in [0.25, 0.3) is 21.2 Å². The molecule has 3 aromatic heterocycles. The summed E-state index contributed by atoms with van der Waals surface area (Å²) in [6.07, 6.45) is 1.57. The average Bonchev–Trinajstić information content (AvgIpc) is 3.58. The molecule has 0 spiro atoms. The third kappa shape index (κ3) is 3.98. The largest absolute Gasteiger partial charge is 0.503 e. The molecule has 1 atom stereocenters. The summed E-state index contributed by atoms with van der Waals surface area (Å²) in [5.41, 5.74) is 1.48. The molecule has 10 heteroatoms. The maximum atomic E-state index is 13.7. The number of amides is 1. The fourth-order valence-electron chi connectivity index (χ4n) is 4.36. The Hall–Kier alpha value is -4.02. The number of aliphatic hydroxyl groups excluding tert-OH is 1. The number of ether oxygens (including phenoxy) is 1. The molecule has 2 aromatic carbocycles. The molecular formula is C27H18BrN3O5S. The normalized spacial score (nSPS) is 15.8. The zero-order valence-electron chi connectivity index (χ0n) is 19.3. The summed E-state index contributed by atoms with van der Waals surface area (Å²) in [5.74, 6) is -1.29. The Bertz CT molecular complexity index is 1730. The fourth-order valence-corrected chi connectivity index (χ4v) is 5.76. The molecule has 0 radical (unpaired) electrons. The Morgan fingerprint density at radius 1 is 1.19 bits per heavy atom. The highest BCUT2D eigenvalue weighted by Gasteiger charge is 2.47. The zero-order chi connectivity index (χ0) is 25.7. The lowest BCUT2D eigenvalue weighted by Gasteiger charge is -2.23. The molecule has 1 amide bonds. The van der Waals surface area contributed by atoms with Crippen molar-refractivity contribution in [3.8, 4) is 5.75 Å².